The van der Waals surface area contributed by atoms with E-state index in [0.717, 1.165) is 0 Å². The Morgan fingerprint density at radius 1 is 1.44 bits per heavy atom. The zero-order chi connectivity index (χ0) is 12.1. The van der Waals surface area contributed by atoms with Crippen LogP contribution in [-0.4, -0.2) is 30.3 Å². The summed E-state index contributed by atoms with van der Waals surface area (Å²) in [5.41, 5.74) is 0.616. The summed E-state index contributed by atoms with van der Waals surface area (Å²) in [6, 6.07) is 5.37. The van der Waals surface area contributed by atoms with E-state index in [0.29, 0.717) is 5.56 Å². The molecule has 86 valence electrons. The van der Waals surface area contributed by atoms with Crippen LogP contribution in [-0.2, 0) is 9.53 Å². The molecule has 0 amide bonds. The highest BCUT2D eigenvalue weighted by atomic mass is 16.5. The maximum atomic E-state index is 11.5. The fourth-order valence-electron chi connectivity index (χ4n) is 1.33. The SMILES string of the molecule is COC(=O)[C@H](NB(C)O)c1ccc(O)cc1. The van der Waals surface area contributed by atoms with Gasteiger partial charge in [0.15, 0.2) is 0 Å². The second-order valence-electron chi connectivity index (χ2n) is 3.39. The second-order valence-corrected chi connectivity index (χ2v) is 3.39. The van der Waals surface area contributed by atoms with Crippen LogP contribution in [0.2, 0.25) is 6.82 Å². The largest absolute Gasteiger partial charge is 0.508 e. The molecule has 0 bridgehead atoms. The smallest absolute Gasteiger partial charge is 0.374 e. The monoisotopic (exact) mass is 223 g/mol. The number of esters is 1. The number of carbonyl (C=O) groups excluding carboxylic acids is 1. The van der Waals surface area contributed by atoms with Crippen LogP contribution in [0.3, 0.4) is 0 Å². The molecular weight excluding hydrogens is 209 g/mol. The molecule has 0 spiro atoms. The van der Waals surface area contributed by atoms with Crippen LogP contribution >= 0.6 is 0 Å². The van der Waals surface area contributed by atoms with Gasteiger partial charge >= 0.3 is 13.0 Å². The number of aromatic hydroxyl groups is 1. The lowest BCUT2D eigenvalue weighted by atomic mass is 9.86. The van der Waals surface area contributed by atoms with Gasteiger partial charge in [0.05, 0.1) is 7.11 Å². The zero-order valence-electron chi connectivity index (χ0n) is 9.18. The highest BCUT2D eigenvalue weighted by molar-refractivity contribution is 6.46. The van der Waals surface area contributed by atoms with Crippen molar-refractivity contribution in [3.8, 4) is 5.75 Å². The predicted octanol–water partition coefficient (Wildman–Crippen LogP) is 0.306. The molecule has 1 atom stereocenters. The quantitative estimate of drug-likeness (QED) is 0.505. The maximum absolute atomic E-state index is 11.5. The van der Waals surface area contributed by atoms with E-state index in [1.54, 1.807) is 12.1 Å². The predicted molar refractivity (Wildman–Crippen MR) is 59.8 cm³/mol. The van der Waals surface area contributed by atoms with Crippen LogP contribution in [0.5, 0.6) is 5.75 Å². The molecule has 1 aromatic rings. The van der Waals surface area contributed by atoms with Gasteiger partial charge in [-0.15, -0.1) is 0 Å². The van der Waals surface area contributed by atoms with Crippen LogP contribution in [0, 0.1) is 0 Å². The number of hydrogen-bond donors (Lipinski definition) is 3. The first-order valence-electron chi connectivity index (χ1n) is 4.85. The van der Waals surface area contributed by atoms with Crippen molar-refractivity contribution >= 4 is 13.0 Å². The van der Waals surface area contributed by atoms with Crippen LogP contribution in [0.4, 0.5) is 0 Å². The third-order valence-electron chi connectivity index (χ3n) is 2.07. The Bertz CT molecular complexity index is 352. The number of phenolic OH excluding ortho intramolecular Hbond substituents is 1. The summed E-state index contributed by atoms with van der Waals surface area (Å²) in [7, 11) is 0.442. The molecule has 0 fully saturated rings. The minimum Gasteiger partial charge on any atom is -0.508 e. The first-order valence-corrected chi connectivity index (χ1v) is 4.85. The molecule has 0 aliphatic rings. The van der Waals surface area contributed by atoms with Crippen molar-refractivity contribution in [1.82, 2.24) is 5.23 Å². The summed E-state index contributed by atoms with van der Waals surface area (Å²) >= 11 is 0. The van der Waals surface area contributed by atoms with E-state index in [4.69, 9.17) is 5.11 Å². The normalized spacial score (nSPS) is 11.9. The number of benzene rings is 1. The Balaban J connectivity index is 2.91. The van der Waals surface area contributed by atoms with Crippen molar-refractivity contribution in [3.05, 3.63) is 29.8 Å². The molecule has 5 nitrogen and oxygen atoms in total. The van der Waals surface area contributed by atoms with Crippen LogP contribution in [0.1, 0.15) is 11.6 Å². The Morgan fingerprint density at radius 2 is 2.00 bits per heavy atom. The summed E-state index contributed by atoms with van der Waals surface area (Å²) in [5.74, 6) is -0.379. The molecule has 0 radical (unpaired) electrons. The van der Waals surface area contributed by atoms with Gasteiger partial charge in [0.1, 0.15) is 11.8 Å². The molecule has 1 rings (SSSR count). The topological polar surface area (TPSA) is 78.8 Å². The number of rotatable bonds is 4. The average molecular weight is 223 g/mol. The highest BCUT2D eigenvalue weighted by Gasteiger charge is 2.23. The Labute approximate surface area is 94.2 Å². The number of nitrogens with one attached hydrogen (secondary N) is 1. The average Bonchev–Trinajstić information content (AvgIpc) is 2.26. The number of methoxy groups -OCH3 is 1. The molecule has 0 saturated heterocycles. The summed E-state index contributed by atoms with van der Waals surface area (Å²) < 4.78 is 4.62. The molecular formula is C10H14BNO4. The number of ether oxygens (including phenoxy) is 1. The van der Waals surface area contributed by atoms with E-state index in [9.17, 15) is 9.82 Å². The summed E-state index contributed by atoms with van der Waals surface area (Å²) in [4.78, 5) is 11.5. The Kier molecular flexibility index (Phi) is 4.33. The van der Waals surface area contributed by atoms with Gasteiger partial charge in [0.25, 0.3) is 0 Å². The van der Waals surface area contributed by atoms with Gasteiger partial charge in [-0.25, -0.2) is 0 Å². The van der Waals surface area contributed by atoms with E-state index >= 15 is 0 Å². The van der Waals surface area contributed by atoms with Gasteiger partial charge in [-0.05, 0) is 24.5 Å². The molecule has 16 heavy (non-hydrogen) atoms. The molecule has 0 unspecified atom stereocenters. The summed E-state index contributed by atoms with van der Waals surface area (Å²) in [6.45, 7) is 1.51. The molecule has 0 heterocycles. The molecule has 3 N–H and O–H groups in total. The molecule has 6 heteroatoms. The van der Waals surface area contributed by atoms with E-state index in [1.807, 2.05) is 0 Å². The van der Waals surface area contributed by atoms with Gasteiger partial charge in [-0.2, -0.15) is 0 Å². The molecule has 0 aliphatic heterocycles. The standard InChI is InChI=1S/C10H14BNO4/c1-11(15)12-9(10(14)16-2)7-3-5-8(13)6-4-7/h3-6,9,12-13,15H,1-2H3/t9-/m1/s1. The number of hydrogen-bond acceptors (Lipinski definition) is 5. The molecule has 0 aromatic heterocycles. The van der Waals surface area contributed by atoms with E-state index in [-0.39, 0.29) is 5.75 Å². The molecule has 1 aromatic carbocycles. The van der Waals surface area contributed by atoms with Crippen molar-refractivity contribution in [3.63, 3.8) is 0 Å². The van der Waals surface area contributed by atoms with Crippen molar-refractivity contribution in [2.75, 3.05) is 7.11 Å². The summed E-state index contributed by atoms with van der Waals surface area (Å²) in [6.07, 6.45) is 0. The van der Waals surface area contributed by atoms with Gasteiger partial charge < -0.3 is 20.1 Å². The van der Waals surface area contributed by atoms with Crippen LogP contribution < -0.4 is 5.23 Å². The van der Waals surface area contributed by atoms with Gasteiger partial charge in [-0.1, -0.05) is 12.1 Å². The Morgan fingerprint density at radius 3 is 2.44 bits per heavy atom. The third kappa shape index (κ3) is 3.25. The van der Waals surface area contributed by atoms with Crippen molar-refractivity contribution in [2.45, 2.75) is 12.9 Å². The van der Waals surface area contributed by atoms with E-state index in [2.05, 4.69) is 9.96 Å². The Hall–Kier alpha value is -1.53. The van der Waals surface area contributed by atoms with Gasteiger partial charge in [0, 0.05) is 0 Å². The number of phenols is 1. The van der Waals surface area contributed by atoms with Crippen molar-refractivity contribution in [1.29, 1.82) is 0 Å². The molecule has 0 aliphatic carbocycles. The van der Waals surface area contributed by atoms with E-state index in [1.165, 1.54) is 26.1 Å². The second kappa shape index (κ2) is 5.53. The van der Waals surface area contributed by atoms with Crippen molar-refractivity contribution < 1.29 is 19.7 Å². The number of carbonyl (C=O) groups is 1. The minimum atomic E-state index is -0.835. The van der Waals surface area contributed by atoms with Crippen LogP contribution in [0.15, 0.2) is 24.3 Å². The lowest BCUT2D eigenvalue weighted by Gasteiger charge is -2.17. The van der Waals surface area contributed by atoms with E-state index < -0.39 is 19.1 Å². The summed E-state index contributed by atoms with van der Waals surface area (Å²) in [5, 5.41) is 21.0. The fraction of sp³-hybridized carbons (Fsp3) is 0.300. The minimum absolute atomic E-state index is 0.115. The zero-order valence-corrected chi connectivity index (χ0v) is 9.18. The lowest BCUT2D eigenvalue weighted by molar-refractivity contribution is -0.142. The fourth-order valence-corrected chi connectivity index (χ4v) is 1.33. The van der Waals surface area contributed by atoms with Gasteiger partial charge in [0.2, 0.25) is 0 Å². The van der Waals surface area contributed by atoms with Crippen LogP contribution in [0.25, 0.3) is 0 Å². The highest BCUT2D eigenvalue weighted by Crippen LogP contribution is 2.18. The lowest BCUT2D eigenvalue weighted by Crippen LogP contribution is -2.39. The maximum Gasteiger partial charge on any atom is 0.374 e. The van der Waals surface area contributed by atoms with Crippen molar-refractivity contribution in [2.24, 2.45) is 0 Å². The molecule has 0 saturated carbocycles. The first-order chi connectivity index (χ1) is 7.54. The first kappa shape index (κ1) is 12.5. The van der Waals surface area contributed by atoms with Gasteiger partial charge in [-0.3, -0.25) is 4.79 Å². The third-order valence-corrected chi connectivity index (χ3v) is 2.07.